The average Bonchev–Trinajstić information content (AvgIpc) is 2.53. The molecule has 0 radical (unpaired) electrons. The third-order valence-corrected chi connectivity index (χ3v) is 3.34. The Bertz CT molecular complexity index is 575. The minimum Gasteiger partial charge on any atom is -0.486 e. The van der Waals surface area contributed by atoms with Crippen molar-refractivity contribution in [3.8, 4) is 11.5 Å². The minimum absolute atomic E-state index is 0.0455. The van der Waals surface area contributed by atoms with Crippen LogP contribution >= 0.6 is 0 Å². The Labute approximate surface area is 117 Å². The molecule has 0 bridgehead atoms. The van der Waals surface area contributed by atoms with Gasteiger partial charge in [-0.3, -0.25) is 16.3 Å². The third-order valence-electron chi connectivity index (χ3n) is 3.34. The van der Waals surface area contributed by atoms with Crippen LogP contribution in [0.2, 0.25) is 0 Å². The van der Waals surface area contributed by atoms with Crippen LogP contribution in [0.3, 0.4) is 0 Å². The zero-order valence-corrected chi connectivity index (χ0v) is 11.1. The number of rotatable bonds is 4. The van der Waals surface area contributed by atoms with Crippen molar-refractivity contribution in [1.29, 1.82) is 0 Å². The Balaban J connectivity index is 1.90. The summed E-state index contributed by atoms with van der Waals surface area (Å²) in [5, 5.41) is 0. The number of hydrogen-bond acceptors (Lipinski definition) is 5. The smallest absolute Gasteiger partial charge is 0.166 e. The molecule has 0 amide bonds. The second-order valence-corrected chi connectivity index (χ2v) is 4.66. The molecule has 1 aliphatic rings. The highest BCUT2D eigenvalue weighted by Crippen LogP contribution is 2.37. The van der Waals surface area contributed by atoms with E-state index in [2.05, 4.69) is 10.4 Å². The average molecular weight is 271 g/mol. The molecular weight excluding hydrogens is 254 g/mol. The van der Waals surface area contributed by atoms with Crippen LogP contribution in [0.25, 0.3) is 0 Å². The molecule has 1 aromatic carbocycles. The number of hydrogen-bond donors (Lipinski definition) is 2. The number of benzene rings is 1. The maximum Gasteiger partial charge on any atom is 0.166 e. The molecule has 104 valence electrons. The summed E-state index contributed by atoms with van der Waals surface area (Å²) in [6.45, 7) is 1.15. The van der Waals surface area contributed by atoms with Crippen LogP contribution in [0.1, 0.15) is 17.2 Å². The second kappa shape index (κ2) is 5.90. The molecule has 0 saturated heterocycles. The predicted octanol–water partition coefficient (Wildman–Crippen LogP) is 1.60. The summed E-state index contributed by atoms with van der Waals surface area (Å²) in [7, 11) is 0. The summed E-state index contributed by atoms with van der Waals surface area (Å²) in [6, 6.07) is 9.78. The molecule has 2 aromatic rings. The summed E-state index contributed by atoms with van der Waals surface area (Å²) in [5.74, 6) is 7.28. The van der Waals surface area contributed by atoms with E-state index in [1.54, 1.807) is 6.20 Å². The van der Waals surface area contributed by atoms with Crippen LogP contribution in [0.5, 0.6) is 11.5 Å². The van der Waals surface area contributed by atoms with Gasteiger partial charge in [0.2, 0.25) is 0 Å². The van der Waals surface area contributed by atoms with Crippen LogP contribution in [0.15, 0.2) is 42.7 Å². The normalized spacial score (nSPS) is 14.8. The Kier molecular flexibility index (Phi) is 3.80. The lowest BCUT2D eigenvalue weighted by Crippen LogP contribution is -2.30. The Morgan fingerprint density at radius 1 is 1.20 bits per heavy atom. The number of nitrogens with zero attached hydrogens (tertiary/aromatic N) is 1. The molecule has 3 N–H and O–H groups in total. The van der Waals surface area contributed by atoms with Gasteiger partial charge in [0, 0.05) is 18.0 Å². The zero-order valence-electron chi connectivity index (χ0n) is 11.1. The maximum atomic E-state index is 5.74. The molecule has 1 atom stereocenters. The van der Waals surface area contributed by atoms with Gasteiger partial charge in [0.25, 0.3) is 0 Å². The van der Waals surface area contributed by atoms with Crippen molar-refractivity contribution in [3.05, 3.63) is 53.9 Å². The SMILES string of the molecule is NNC(Cc1cccnc1)c1cccc2c1OCCO2. The summed E-state index contributed by atoms with van der Waals surface area (Å²) in [5.41, 5.74) is 4.98. The van der Waals surface area contributed by atoms with Crippen molar-refractivity contribution < 1.29 is 9.47 Å². The fourth-order valence-electron chi connectivity index (χ4n) is 2.38. The topological polar surface area (TPSA) is 69.4 Å². The molecule has 0 saturated carbocycles. The highest BCUT2D eigenvalue weighted by Gasteiger charge is 2.21. The van der Waals surface area contributed by atoms with Gasteiger partial charge in [-0.05, 0) is 24.1 Å². The number of ether oxygens (including phenoxy) is 2. The number of hydrazine groups is 1. The van der Waals surface area contributed by atoms with Crippen molar-refractivity contribution >= 4 is 0 Å². The molecule has 5 heteroatoms. The number of para-hydroxylation sites is 1. The molecule has 1 unspecified atom stereocenters. The van der Waals surface area contributed by atoms with Crippen LogP contribution in [0.4, 0.5) is 0 Å². The summed E-state index contributed by atoms with van der Waals surface area (Å²) >= 11 is 0. The number of pyridine rings is 1. The number of aromatic nitrogens is 1. The van der Waals surface area contributed by atoms with Crippen LogP contribution in [0, 0.1) is 0 Å². The number of nitrogens with one attached hydrogen (secondary N) is 1. The van der Waals surface area contributed by atoms with Crippen molar-refractivity contribution in [3.63, 3.8) is 0 Å². The van der Waals surface area contributed by atoms with E-state index in [4.69, 9.17) is 15.3 Å². The second-order valence-electron chi connectivity index (χ2n) is 4.66. The van der Waals surface area contributed by atoms with Crippen molar-refractivity contribution in [2.24, 2.45) is 5.84 Å². The Morgan fingerprint density at radius 3 is 2.90 bits per heavy atom. The Morgan fingerprint density at radius 2 is 2.10 bits per heavy atom. The minimum atomic E-state index is -0.0455. The third kappa shape index (κ3) is 2.59. The molecule has 1 aliphatic heterocycles. The highest BCUT2D eigenvalue weighted by molar-refractivity contribution is 5.49. The fraction of sp³-hybridized carbons (Fsp3) is 0.267. The van der Waals surface area contributed by atoms with E-state index < -0.39 is 0 Å². The van der Waals surface area contributed by atoms with E-state index in [9.17, 15) is 0 Å². The van der Waals surface area contributed by atoms with Crippen molar-refractivity contribution in [1.82, 2.24) is 10.4 Å². The lowest BCUT2D eigenvalue weighted by atomic mass is 9.99. The van der Waals surface area contributed by atoms with Gasteiger partial charge in [-0.1, -0.05) is 18.2 Å². The van der Waals surface area contributed by atoms with Gasteiger partial charge in [-0.15, -0.1) is 0 Å². The molecule has 1 aromatic heterocycles. The molecule has 3 rings (SSSR count). The van der Waals surface area contributed by atoms with Gasteiger partial charge in [0.05, 0.1) is 6.04 Å². The van der Waals surface area contributed by atoms with Crippen LogP contribution < -0.4 is 20.7 Å². The summed E-state index contributed by atoms with van der Waals surface area (Å²) < 4.78 is 11.3. The number of nitrogens with two attached hydrogens (primary N) is 1. The fourth-order valence-corrected chi connectivity index (χ4v) is 2.38. The standard InChI is InChI=1S/C15H17N3O2/c16-18-13(9-11-3-2-6-17-10-11)12-4-1-5-14-15(12)20-8-7-19-14/h1-6,10,13,18H,7-9,16H2. The molecular formula is C15H17N3O2. The largest absolute Gasteiger partial charge is 0.486 e. The van der Waals surface area contributed by atoms with Crippen molar-refractivity contribution in [2.75, 3.05) is 13.2 Å². The molecule has 2 heterocycles. The maximum absolute atomic E-state index is 5.74. The first-order chi connectivity index (χ1) is 9.88. The molecule has 5 nitrogen and oxygen atoms in total. The highest BCUT2D eigenvalue weighted by atomic mass is 16.6. The lowest BCUT2D eigenvalue weighted by Gasteiger charge is -2.25. The first-order valence-electron chi connectivity index (χ1n) is 6.62. The first kappa shape index (κ1) is 12.9. The van der Waals surface area contributed by atoms with E-state index in [1.807, 2.05) is 36.5 Å². The van der Waals surface area contributed by atoms with Gasteiger partial charge in [0.1, 0.15) is 13.2 Å². The van der Waals surface area contributed by atoms with Gasteiger partial charge in [-0.2, -0.15) is 0 Å². The van der Waals surface area contributed by atoms with E-state index in [0.717, 1.165) is 29.0 Å². The summed E-state index contributed by atoms with van der Waals surface area (Å²) in [4.78, 5) is 4.13. The predicted molar refractivity (Wildman–Crippen MR) is 75.4 cm³/mol. The molecule has 0 fully saturated rings. The molecule has 0 spiro atoms. The van der Waals surface area contributed by atoms with Gasteiger partial charge >= 0.3 is 0 Å². The Hall–Kier alpha value is -2.11. The van der Waals surface area contributed by atoms with E-state index >= 15 is 0 Å². The number of fused-ring (bicyclic) bond motifs is 1. The van der Waals surface area contributed by atoms with Crippen LogP contribution in [-0.4, -0.2) is 18.2 Å². The lowest BCUT2D eigenvalue weighted by molar-refractivity contribution is 0.168. The van der Waals surface area contributed by atoms with Gasteiger partial charge in [-0.25, -0.2) is 0 Å². The first-order valence-corrected chi connectivity index (χ1v) is 6.62. The summed E-state index contributed by atoms with van der Waals surface area (Å²) in [6.07, 6.45) is 4.34. The van der Waals surface area contributed by atoms with E-state index in [-0.39, 0.29) is 6.04 Å². The monoisotopic (exact) mass is 271 g/mol. The van der Waals surface area contributed by atoms with E-state index in [0.29, 0.717) is 13.2 Å². The van der Waals surface area contributed by atoms with Crippen molar-refractivity contribution in [2.45, 2.75) is 12.5 Å². The quantitative estimate of drug-likeness (QED) is 0.653. The molecule has 20 heavy (non-hydrogen) atoms. The van der Waals surface area contributed by atoms with E-state index in [1.165, 1.54) is 0 Å². The molecule has 0 aliphatic carbocycles. The van der Waals surface area contributed by atoms with Gasteiger partial charge < -0.3 is 9.47 Å². The van der Waals surface area contributed by atoms with Crippen LogP contribution in [-0.2, 0) is 6.42 Å². The zero-order chi connectivity index (χ0) is 13.8. The van der Waals surface area contributed by atoms with Gasteiger partial charge in [0.15, 0.2) is 11.5 Å².